The van der Waals surface area contributed by atoms with Gasteiger partial charge in [-0.25, -0.2) is 0 Å². The standard InChI is InChI=1S/C24H29ClO7/c25-19-8-3-15(23-21(28)22(29)24(32-23)20(27)13-26)12-16(19)11-14-1-4-17(5-2-14)30-9-10-31-18-6-7-18/h1-5,8,12,18,20-24,26-29H,6-7,9-11,13H2/t20-,21-,22-,23+,24?/m1/s1. The highest BCUT2D eigenvalue weighted by Crippen LogP contribution is 2.36. The average Bonchev–Trinajstić information content (AvgIpc) is 3.58. The molecule has 2 aliphatic rings. The molecule has 0 bridgehead atoms. The Morgan fingerprint density at radius 3 is 2.47 bits per heavy atom. The van der Waals surface area contributed by atoms with E-state index >= 15 is 0 Å². The van der Waals surface area contributed by atoms with Gasteiger partial charge < -0.3 is 34.6 Å². The average molecular weight is 465 g/mol. The largest absolute Gasteiger partial charge is 0.491 e. The lowest BCUT2D eigenvalue weighted by Gasteiger charge is -2.19. The van der Waals surface area contributed by atoms with Crippen molar-refractivity contribution in [3.63, 3.8) is 0 Å². The third kappa shape index (κ3) is 5.61. The lowest BCUT2D eigenvalue weighted by molar-refractivity contribution is -0.0820. The molecule has 1 heterocycles. The molecule has 32 heavy (non-hydrogen) atoms. The van der Waals surface area contributed by atoms with Gasteiger partial charge in [0, 0.05) is 5.02 Å². The van der Waals surface area contributed by atoms with Gasteiger partial charge in [-0.3, -0.25) is 0 Å². The van der Waals surface area contributed by atoms with Crippen LogP contribution in [0.1, 0.15) is 35.6 Å². The van der Waals surface area contributed by atoms with Gasteiger partial charge in [-0.1, -0.05) is 35.9 Å². The number of aliphatic hydroxyl groups is 4. The van der Waals surface area contributed by atoms with Gasteiger partial charge in [0.25, 0.3) is 0 Å². The van der Waals surface area contributed by atoms with E-state index in [0.29, 0.717) is 36.3 Å². The van der Waals surface area contributed by atoms with Gasteiger partial charge in [0.05, 0.1) is 19.3 Å². The zero-order valence-corrected chi connectivity index (χ0v) is 18.4. The fourth-order valence-corrected chi connectivity index (χ4v) is 4.03. The van der Waals surface area contributed by atoms with Crippen LogP contribution in [0.3, 0.4) is 0 Å². The van der Waals surface area contributed by atoms with Crippen LogP contribution < -0.4 is 4.74 Å². The Morgan fingerprint density at radius 2 is 1.78 bits per heavy atom. The first kappa shape index (κ1) is 23.4. The van der Waals surface area contributed by atoms with Crippen LogP contribution in [-0.2, 0) is 15.9 Å². The monoisotopic (exact) mass is 464 g/mol. The summed E-state index contributed by atoms with van der Waals surface area (Å²) in [5.41, 5.74) is 2.51. The molecule has 4 rings (SSSR count). The molecule has 1 aliphatic carbocycles. The molecule has 0 amide bonds. The molecular weight excluding hydrogens is 436 g/mol. The van der Waals surface area contributed by atoms with Gasteiger partial charge in [0.15, 0.2) is 0 Å². The summed E-state index contributed by atoms with van der Waals surface area (Å²) in [5, 5.41) is 40.2. The van der Waals surface area contributed by atoms with Crippen molar-refractivity contribution in [2.75, 3.05) is 19.8 Å². The molecule has 7 nitrogen and oxygen atoms in total. The molecular formula is C24H29ClO7. The molecule has 2 aromatic rings. The van der Waals surface area contributed by atoms with Crippen molar-refractivity contribution in [2.45, 2.75) is 55.9 Å². The molecule has 1 aliphatic heterocycles. The smallest absolute Gasteiger partial charge is 0.119 e. The zero-order valence-electron chi connectivity index (χ0n) is 17.6. The molecule has 5 atom stereocenters. The normalized spacial score (nSPS) is 26.3. The summed E-state index contributed by atoms with van der Waals surface area (Å²) >= 11 is 6.40. The lowest BCUT2D eigenvalue weighted by Crippen LogP contribution is -2.40. The maximum atomic E-state index is 10.4. The molecule has 174 valence electrons. The first-order chi connectivity index (χ1) is 15.5. The molecule has 1 saturated carbocycles. The minimum atomic E-state index is -1.30. The van der Waals surface area contributed by atoms with Gasteiger partial charge in [0.1, 0.15) is 42.9 Å². The molecule has 2 aromatic carbocycles. The van der Waals surface area contributed by atoms with Crippen molar-refractivity contribution >= 4 is 11.6 Å². The predicted octanol–water partition coefficient (Wildman–Crippen LogP) is 2.00. The van der Waals surface area contributed by atoms with Crippen LogP contribution in [-0.4, -0.2) is 70.8 Å². The summed E-state index contributed by atoms with van der Waals surface area (Å²) in [7, 11) is 0. The van der Waals surface area contributed by atoms with E-state index in [2.05, 4.69) is 0 Å². The number of benzene rings is 2. The SMILES string of the molecule is OC[C@@H](O)C1O[C@@H](c2ccc(Cl)c(Cc3ccc(OCCOC4CC4)cc3)c2)[C@H](O)[C@H]1O. The van der Waals surface area contributed by atoms with E-state index in [9.17, 15) is 15.3 Å². The quantitative estimate of drug-likeness (QED) is 0.398. The highest BCUT2D eigenvalue weighted by Gasteiger charge is 2.46. The second-order valence-electron chi connectivity index (χ2n) is 8.34. The van der Waals surface area contributed by atoms with E-state index in [1.807, 2.05) is 30.3 Å². The Kier molecular flexibility index (Phi) is 7.68. The molecule has 1 saturated heterocycles. The number of hydrogen-bond donors (Lipinski definition) is 4. The van der Waals surface area contributed by atoms with Crippen LogP contribution in [0, 0.1) is 0 Å². The van der Waals surface area contributed by atoms with Crippen molar-refractivity contribution in [1.29, 1.82) is 0 Å². The molecule has 0 aromatic heterocycles. The van der Waals surface area contributed by atoms with Crippen LogP contribution in [0.15, 0.2) is 42.5 Å². The number of rotatable bonds is 10. The molecule has 4 N–H and O–H groups in total. The summed E-state index contributed by atoms with van der Waals surface area (Å²) in [5.74, 6) is 0.776. The van der Waals surface area contributed by atoms with Gasteiger partial charge in [-0.05, 0) is 54.2 Å². The topological polar surface area (TPSA) is 109 Å². The summed E-state index contributed by atoms with van der Waals surface area (Å²) in [6.07, 6.45) is -2.43. The van der Waals surface area contributed by atoms with E-state index in [-0.39, 0.29) is 0 Å². The van der Waals surface area contributed by atoms with Crippen LogP contribution in [0.2, 0.25) is 5.02 Å². The number of hydrogen-bond acceptors (Lipinski definition) is 7. The third-order valence-electron chi connectivity index (χ3n) is 5.81. The number of halogens is 1. The second kappa shape index (κ2) is 10.5. The highest BCUT2D eigenvalue weighted by atomic mass is 35.5. The Hall–Kier alpha value is -1.71. The molecule has 8 heteroatoms. The van der Waals surface area contributed by atoms with Crippen molar-refractivity contribution in [3.8, 4) is 5.75 Å². The molecule has 0 spiro atoms. The highest BCUT2D eigenvalue weighted by molar-refractivity contribution is 6.31. The summed E-state index contributed by atoms with van der Waals surface area (Å²) in [6, 6.07) is 13.0. The third-order valence-corrected chi connectivity index (χ3v) is 6.18. The Labute approximate surface area is 192 Å². The zero-order chi connectivity index (χ0) is 22.7. The molecule has 1 unspecified atom stereocenters. The van der Waals surface area contributed by atoms with Crippen LogP contribution >= 0.6 is 11.6 Å². The fraction of sp³-hybridized carbons (Fsp3) is 0.500. The second-order valence-corrected chi connectivity index (χ2v) is 8.75. The minimum absolute atomic E-state index is 0.422. The predicted molar refractivity (Wildman–Crippen MR) is 118 cm³/mol. The van der Waals surface area contributed by atoms with Crippen molar-refractivity contribution in [3.05, 3.63) is 64.2 Å². The van der Waals surface area contributed by atoms with E-state index in [4.69, 9.17) is 30.9 Å². The van der Waals surface area contributed by atoms with Crippen LogP contribution in [0.5, 0.6) is 5.75 Å². The van der Waals surface area contributed by atoms with Gasteiger partial charge in [-0.2, -0.15) is 0 Å². The van der Waals surface area contributed by atoms with Gasteiger partial charge >= 0.3 is 0 Å². The minimum Gasteiger partial charge on any atom is -0.491 e. The Balaban J connectivity index is 1.39. The van der Waals surface area contributed by atoms with Gasteiger partial charge in [0.2, 0.25) is 0 Å². The van der Waals surface area contributed by atoms with Crippen molar-refractivity contribution in [2.24, 2.45) is 0 Å². The Bertz CT molecular complexity index is 886. The van der Waals surface area contributed by atoms with E-state index in [1.54, 1.807) is 12.1 Å². The Morgan fingerprint density at radius 1 is 1.03 bits per heavy atom. The first-order valence-corrected chi connectivity index (χ1v) is 11.3. The lowest BCUT2D eigenvalue weighted by atomic mass is 9.96. The number of aliphatic hydroxyl groups excluding tert-OH is 4. The van der Waals surface area contributed by atoms with Gasteiger partial charge in [-0.15, -0.1) is 0 Å². The fourth-order valence-electron chi connectivity index (χ4n) is 3.84. The molecule has 0 radical (unpaired) electrons. The number of ether oxygens (including phenoxy) is 3. The van der Waals surface area contributed by atoms with E-state index < -0.39 is 37.1 Å². The van der Waals surface area contributed by atoms with Crippen LogP contribution in [0.4, 0.5) is 0 Å². The van der Waals surface area contributed by atoms with Crippen LogP contribution in [0.25, 0.3) is 0 Å². The maximum absolute atomic E-state index is 10.4. The van der Waals surface area contributed by atoms with E-state index in [0.717, 1.165) is 29.7 Å². The first-order valence-electron chi connectivity index (χ1n) is 10.9. The summed E-state index contributed by atoms with van der Waals surface area (Å²) in [6.45, 7) is 0.542. The van der Waals surface area contributed by atoms with E-state index in [1.165, 1.54) is 0 Å². The summed E-state index contributed by atoms with van der Waals surface area (Å²) < 4.78 is 16.9. The maximum Gasteiger partial charge on any atom is 0.119 e. The summed E-state index contributed by atoms with van der Waals surface area (Å²) in [4.78, 5) is 0. The van der Waals surface area contributed by atoms with Crippen molar-refractivity contribution in [1.82, 2.24) is 0 Å². The molecule has 2 fully saturated rings. The van der Waals surface area contributed by atoms with Crippen molar-refractivity contribution < 1.29 is 34.6 Å².